The van der Waals surface area contributed by atoms with Gasteiger partial charge in [-0.1, -0.05) is 30.3 Å². The Morgan fingerprint density at radius 2 is 1.61 bits per heavy atom. The van der Waals surface area contributed by atoms with E-state index in [4.69, 9.17) is 5.73 Å². The van der Waals surface area contributed by atoms with E-state index in [0.717, 1.165) is 17.8 Å². The van der Waals surface area contributed by atoms with Crippen molar-refractivity contribution < 1.29 is 4.79 Å². The summed E-state index contributed by atoms with van der Waals surface area (Å²) in [6, 6.07) is 18.5. The summed E-state index contributed by atoms with van der Waals surface area (Å²) in [6.45, 7) is 6.90. The van der Waals surface area contributed by atoms with Crippen LogP contribution in [0.1, 0.15) is 26.3 Å². The van der Waals surface area contributed by atoms with Crippen molar-refractivity contribution in [1.82, 2.24) is 5.32 Å². The number of nitrogens with two attached hydrogens (primary N) is 1. The molecular formula is C19H25N3O. The van der Waals surface area contributed by atoms with Gasteiger partial charge in [0, 0.05) is 24.5 Å². The first-order valence-electron chi connectivity index (χ1n) is 7.90. The number of anilines is 2. The number of nitrogens with one attached hydrogen (secondary N) is 1. The molecule has 0 atom stereocenters. The van der Waals surface area contributed by atoms with E-state index in [1.807, 2.05) is 30.3 Å². The Bertz CT molecular complexity index is 630. The molecule has 0 heterocycles. The predicted octanol–water partition coefficient (Wildman–Crippen LogP) is 3.20. The minimum atomic E-state index is -0.855. The zero-order valence-electron chi connectivity index (χ0n) is 14.0. The summed E-state index contributed by atoms with van der Waals surface area (Å²) in [4.78, 5) is 14.0. The van der Waals surface area contributed by atoms with E-state index >= 15 is 0 Å². The molecule has 2 aromatic rings. The lowest BCUT2D eigenvalue weighted by atomic mass is 10.1. The zero-order valence-corrected chi connectivity index (χ0v) is 14.0. The van der Waals surface area contributed by atoms with Crippen LogP contribution in [0.3, 0.4) is 0 Å². The number of carbonyl (C=O) groups is 1. The third-order valence-electron chi connectivity index (χ3n) is 3.67. The highest BCUT2D eigenvalue weighted by Crippen LogP contribution is 2.24. The van der Waals surface area contributed by atoms with E-state index in [-0.39, 0.29) is 5.91 Å². The second-order valence-corrected chi connectivity index (χ2v) is 6.15. The van der Waals surface area contributed by atoms with Crippen LogP contribution in [0.15, 0.2) is 54.6 Å². The number of amides is 1. The summed E-state index contributed by atoms with van der Waals surface area (Å²) in [7, 11) is 0. The van der Waals surface area contributed by atoms with Crippen LogP contribution in [0, 0.1) is 0 Å². The highest BCUT2D eigenvalue weighted by Gasteiger charge is 2.21. The minimum Gasteiger partial charge on any atom is -0.350 e. The van der Waals surface area contributed by atoms with Crippen molar-refractivity contribution >= 4 is 17.3 Å². The van der Waals surface area contributed by atoms with Crippen molar-refractivity contribution in [2.45, 2.75) is 32.9 Å². The second kappa shape index (κ2) is 7.29. The van der Waals surface area contributed by atoms with Gasteiger partial charge in [-0.3, -0.25) is 4.79 Å². The van der Waals surface area contributed by atoms with Crippen molar-refractivity contribution in [1.29, 1.82) is 0 Å². The Kier molecular flexibility index (Phi) is 5.40. The lowest BCUT2D eigenvalue weighted by molar-refractivity contribution is -0.125. The quantitative estimate of drug-likeness (QED) is 0.861. The van der Waals surface area contributed by atoms with E-state index in [2.05, 4.69) is 41.4 Å². The van der Waals surface area contributed by atoms with Crippen molar-refractivity contribution in [2.24, 2.45) is 5.73 Å². The normalized spacial score (nSPS) is 11.1. The van der Waals surface area contributed by atoms with Gasteiger partial charge in [-0.05, 0) is 50.6 Å². The summed E-state index contributed by atoms with van der Waals surface area (Å²) in [5.41, 5.74) is 8.27. The standard InChI is InChI=1S/C19H25N3O/c1-4-22(16-8-6-5-7-9-16)17-12-10-15(11-13-17)14-21-18(23)19(2,3)20/h5-13H,4,14,20H2,1-3H3,(H,21,23). The minimum absolute atomic E-state index is 0.152. The number of hydrogen-bond donors (Lipinski definition) is 2. The molecule has 0 aromatic heterocycles. The van der Waals surface area contributed by atoms with E-state index in [1.165, 1.54) is 5.69 Å². The summed E-state index contributed by atoms with van der Waals surface area (Å²) in [6.07, 6.45) is 0. The number of carbonyl (C=O) groups excluding carboxylic acids is 1. The Balaban J connectivity index is 2.05. The van der Waals surface area contributed by atoms with E-state index in [1.54, 1.807) is 13.8 Å². The average molecular weight is 311 g/mol. The maximum atomic E-state index is 11.8. The molecule has 0 aliphatic carbocycles. The van der Waals surface area contributed by atoms with E-state index < -0.39 is 5.54 Å². The molecule has 0 aliphatic heterocycles. The summed E-state index contributed by atoms with van der Waals surface area (Å²) >= 11 is 0. The third kappa shape index (κ3) is 4.57. The van der Waals surface area contributed by atoms with Crippen LogP contribution in [0.25, 0.3) is 0 Å². The van der Waals surface area contributed by atoms with Gasteiger partial charge >= 0.3 is 0 Å². The SMILES string of the molecule is CCN(c1ccccc1)c1ccc(CNC(=O)C(C)(C)N)cc1. The lowest BCUT2D eigenvalue weighted by Gasteiger charge is -2.23. The second-order valence-electron chi connectivity index (χ2n) is 6.15. The number of rotatable bonds is 6. The highest BCUT2D eigenvalue weighted by atomic mass is 16.2. The van der Waals surface area contributed by atoms with Crippen molar-refractivity contribution in [3.05, 3.63) is 60.2 Å². The summed E-state index contributed by atoms with van der Waals surface area (Å²) in [5.74, 6) is -0.152. The molecule has 23 heavy (non-hydrogen) atoms. The van der Waals surface area contributed by atoms with Crippen molar-refractivity contribution in [3.63, 3.8) is 0 Å². The molecule has 4 nitrogen and oxygen atoms in total. The Hall–Kier alpha value is -2.33. The summed E-state index contributed by atoms with van der Waals surface area (Å²) in [5, 5.41) is 2.86. The van der Waals surface area contributed by atoms with Gasteiger partial charge in [-0.15, -0.1) is 0 Å². The maximum Gasteiger partial charge on any atom is 0.239 e. The van der Waals surface area contributed by atoms with E-state index in [0.29, 0.717) is 6.54 Å². The van der Waals surface area contributed by atoms with Crippen LogP contribution in [0.2, 0.25) is 0 Å². The molecule has 1 amide bonds. The lowest BCUT2D eigenvalue weighted by Crippen LogP contribution is -2.48. The topological polar surface area (TPSA) is 58.4 Å². The van der Waals surface area contributed by atoms with Gasteiger partial charge in [0.25, 0.3) is 0 Å². The van der Waals surface area contributed by atoms with Crippen molar-refractivity contribution in [2.75, 3.05) is 11.4 Å². The molecule has 3 N–H and O–H groups in total. The van der Waals surface area contributed by atoms with E-state index in [9.17, 15) is 4.79 Å². The smallest absolute Gasteiger partial charge is 0.239 e. The zero-order chi connectivity index (χ0) is 16.9. The van der Waals surface area contributed by atoms with Gasteiger partial charge < -0.3 is 16.0 Å². The van der Waals surface area contributed by atoms with Crippen LogP contribution in [0.4, 0.5) is 11.4 Å². The molecule has 0 radical (unpaired) electrons. The molecule has 0 bridgehead atoms. The molecule has 122 valence electrons. The Labute approximate surface area is 138 Å². The van der Waals surface area contributed by atoms with Gasteiger partial charge in [0.1, 0.15) is 0 Å². The monoisotopic (exact) mass is 311 g/mol. The number of benzene rings is 2. The first kappa shape index (κ1) is 17.0. The van der Waals surface area contributed by atoms with Gasteiger partial charge in [-0.25, -0.2) is 0 Å². The molecule has 0 saturated carbocycles. The van der Waals surface area contributed by atoms with Crippen LogP contribution in [0.5, 0.6) is 0 Å². The number of para-hydroxylation sites is 1. The van der Waals surface area contributed by atoms with Crippen LogP contribution in [-0.2, 0) is 11.3 Å². The molecule has 2 aromatic carbocycles. The van der Waals surface area contributed by atoms with Gasteiger partial charge in [0.2, 0.25) is 5.91 Å². The molecule has 0 spiro atoms. The molecular weight excluding hydrogens is 286 g/mol. The number of hydrogen-bond acceptors (Lipinski definition) is 3. The first-order valence-corrected chi connectivity index (χ1v) is 7.90. The fourth-order valence-electron chi connectivity index (χ4n) is 2.33. The predicted molar refractivity (Wildman–Crippen MR) is 95.7 cm³/mol. The molecule has 0 aliphatic rings. The average Bonchev–Trinajstić information content (AvgIpc) is 2.54. The molecule has 0 unspecified atom stereocenters. The van der Waals surface area contributed by atoms with Crippen LogP contribution >= 0.6 is 0 Å². The Morgan fingerprint density at radius 3 is 2.13 bits per heavy atom. The van der Waals surface area contributed by atoms with Crippen molar-refractivity contribution in [3.8, 4) is 0 Å². The first-order chi connectivity index (χ1) is 10.9. The fraction of sp³-hybridized carbons (Fsp3) is 0.316. The van der Waals surface area contributed by atoms with Gasteiger partial charge in [0.15, 0.2) is 0 Å². The fourth-order valence-corrected chi connectivity index (χ4v) is 2.33. The van der Waals surface area contributed by atoms with Gasteiger partial charge in [-0.2, -0.15) is 0 Å². The summed E-state index contributed by atoms with van der Waals surface area (Å²) < 4.78 is 0. The van der Waals surface area contributed by atoms with Crippen LogP contribution < -0.4 is 16.0 Å². The van der Waals surface area contributed by atoms with Gasteiger partial charge in [0.05, 0.1) is 5.54 Å². The highest BCUT2D eigenvalue weighted by molar-refractivity contribution is 5.85. The molecule has 0 saturated heterocycles. The number of nitrogens with zero attached hydrogens (tertiary/aromatic N) is 1. The molecule has 4 heteroatoms. The third-order valence-corrected chi connectivity index (χ3v) is 3.67. The maximum absolute atomic E-state index is 11.8. The Morgan fingerprint density at radius 1 is 1.04 bits per heavy atom. The molecule has 0 fully saturated rings. The largest absolute Gasteiger partial charge is 0.350 e. The van der Waals surface area contributed by atoms with Crippen LogP contribution in [-0.4, -0.2) is 18.0 Å². The molecule has 2 rings (SSSR count).